The fraction of sp³-hybridized carbons (Fsp3) is 0.300. The van der Waals surface area contributed by atoms with E-state index in [0.717, 1.165) is 5.82 Å². The third kappa shape index (κ3) is 3.67. The van der Waals surface area contributed by atoms with Crippen LogP contribution in [0, 0.1) is 0 Å². The van der Waals surface area contributed by atoms with Crippen LogP contribution >= 0.6 is 23.1 Å². The highest BCUT2D eigenvalue weighted by molar-refractivity contribution is 7.99. The number of amides is 2. The molecular formula is C20H21N5O2S2. The topological polar surface area (TPSA) is 80.1 Å². The van der Waals surface area contributed by atoms with E-state index >= 15 is 0 Å². The first-order valence-electron chi connectivity index (χ1n) is 9.15. The van der Waals surface area contributed by atoms with Crippen molar-refractivity contribution in [1.82, 2.24) is 14.8 Å². The minimum absolute atomic E-state index is 0.148. The molecule has 0 fully saturated rings. The molecule has 0 saturated heterocycles. The molecule has 0 radical (unpaired) electrons. The second-order valence-electron chi connectivity index (χ2n) is 7.26. The van der Waals surface area contributed by atoms with Crippen LogP contribution in [-0.2, 0) is 23.1 Å². The molecule has 0 aliphatic carbocycles. The quantitative estimate of drug-likeness (QED) is 0.632. The van der Waals surface area contributed by atoms with Gasteiger partial charge in [0.25, 0.3) is 0 Å². The molecule has 29 heavy (non-hydrogen) atoms. The third-order valence-corrected chi connectivity index (χ3v) is 6.80. The molecule has 0 unspecified atom stereocenters. The zero-order valence-corrected chi connectivity index (χ0v) is 18.0. The number of carbonyl (C=O) groups is 2. The van der Waals surface area contributed by atoms with Gasteiger partial charge in [0.2, 0.25) is 11.8 Å². The van der Waals surface area contributed by atoms with Gasteiger partial charge in [-0.2, -0.15) is 0 Å². The molecule has 2 aromatic heterocycles. The van der Waals surface area contributed by atoms with Crippen LogP contribution in [0.4, 0.5) is 11.4 Å². The number of hydrogen-bond donors (Lipinski definition) is 1. The maximum Gasteiger partial charge on any atom is 0.250 e. The number of fused-ring (bicyclic) bond motifs is 1. The molecule has 0 saturated carbocycles. The summed E-state index contributed by atoms with van der Waals surface area (Å²) in [7, 11) is 1.91. The monoisotopic (exact) mass is 427 g/mol. The van der Waals surface area contributed by atoms with Crippen LogP contribution in [0.5, 0.6) is 0 Å². The third-order valence-electron chi connectivity index (χ3n) is 4.92. The number of nitrogens with zero attached hydrogens (tertiary/aromatic N) is 4. The van der Waals surface area contributed by atoms with Crippen LogP contribution in [0.15, 0.2) is 46.9 Å². The summed E-state index contributed by atoms with van der Waals surface area (Å²) in [6.07, 6.45) is 0.711. The normalized spacial score (nSPS) is 15.1. The van der Waals surface area contributed by atoms with Gasteiger partial charge in [0.1, 0.15) is 11.4 Å². The first kappa shape index (κ1) is 19.7. The number of aromatic nitrogens is 3. The summed E-state index contributed by atoms with van der Waals surface area (Å²) in [5.41, 5.74) is 0.377. The van der Waals surface area contributed by atoms with Crippen molar-refractivity contribution < 1.29 is 9.59 Å². The number of rotatable bonds is 5. The number of thioether (sulfide) groups is 1. The van der Waals surface area contributed by atoms with Gasteiger partial charge in [0, 0.05) is 18.3 Å². The van der Waals surface area contributed by atoms with Crippen molar-refractivity contribution in [2.24, 2.45) is 7.05 Å². The lowest BCUT2D eigenvalue weighted by atomic mass is 9.96. The van der Waals surface area contributed by atoms with Gasteiger partial charge in [-0.1, -0.05) is 30.0 Å². The van der Waals surface area contributed by atoms with Crippen molar-refractivity contribution in [1.29, 1.82) is 0 Å². The first-order chi connectivity index (χ1) is 13.9. The summed E-state index contributed by atoms with van der Waals surface area (Å²) in [5.74, 6) is 0.665. The van der Waals surface area contributed by atoms with Gasteiger partial charge in [0.05, 0.1) is 17.1 Å². The predicted molar refractivity (Wildman–Crippen MR) is 115 cm³/mol. The van der Waals surface area contributed by atoms with E-state index in [-0.39, 0.29) is 17.6 Å². The van der Waals surface area contributed by atoms with Gasteiger partial charge in [-0.25, -0.2) is 0 Å². The molecule has 3 aromatic rings. The number of thiophene rings is 1. The highest BCUT2D eigenvalue weighted by Gasteiger charge is 2.43. The zero-order chi connectivity index (χ0) is 20.6. The number of hydrogen-bond acceptors (Lipinski definition) is 6. The Morgan fingerprint density at radius 2 is 2.00 bits per heavy atom. The maximum atomic E-state index is 13.1. The van der Waals surface area contributed by atoms with Gasteiger partial charge in [-0.15, -0.1) is 21.5 Å². The second-order valence-corrected chi connectivity index (χ2v) is 9.24. The second kappa shape index (κ2) is 7.64. The molecule has 1 N–H and O–H groups in total. The number of para-hydroxylation sites is 2. The lowest BCUT2D eigenvalue weighted by Crippen LogP contribution is -2.59. The maximum absolute atomic E-state index is 13.1. The minimum Gasteiger partial charge on any atom is -0.322 e. The van der Waals surface area contributed by atoms with Gasteiger partial charge >= 0.3 is 0 Å². The average Bonchev–Trinajstić information content (AvgIpc) is 3.32. The Hall–Kier alpha value is -2.65. The standard InChI is InChI=1S/C20H21N5O2S2/c1-20(2)18(27)21-14-8-4-5-9-15(14)25(20)17(26)12-29-19-23-22-16(24(19)3)11-13-7-6-10-28-13/h4-10H,11-12H2,1-3H3,(H,21,27). The van der Waals surface area contributed by atoms with Crippen LogP contribution in [-0.4, -0.2) is 37.9 Å². The fourth-order valence-corrected chi connectivity index (χ4v) is 4.76. The molecule has 150 valence electrons. The molecule has 1 aliphatic heterocycles. The van der Waals surface area contributed by atoms with E-state index in [2.05, 4.69) is 21.6 Å². The van der Waals surface area contributed by atoms with Crippen molar-refractivity contribution in [3.8, 4) is 0 Å². The Balaban J connectivity index is 1.51. The fourth-order valence-electron chi connectivity index (χ4n) is 3.28. The molecule has 2 amide bonds. The van der Waals surface area contributed by atoms with Crippen molar-refractivity contribution in [2.45, 2.75) is 31.0 Å². The van der Waals surface area contributed by atoms with E-state index in [0.29, 0.717) is 23.0 Å². The summed E-state index contributed by atoms with van der Waals surface area (Å²) in [6.45, 7) is 3.50. The van der Waals surface area contributed by atoms with Gasteiger partial charge in [-0.05, 0) is 37.4 Å². The molecule has 4 rings (SSSR count). The summed E-state index contributed by atoms with van der Waals surface area (Å²) >= 11 is 3.01. The van der Waals surface area contributed by atoms with Crippen molar-refractivity contribution in [3.05, 3.63) is 52.5 Å². The molecule has 0 atom stereocenters. The Morgan fingerprint density at radius 3 is 2.76 bits per heavy atom. The Labute approximate surface area is 177 Å². The largest absolute Gasteiger partial charge is 0.322 e. The number of benzene rings is 1. The van der Waals surface area contributed by atoms with E-state index in [1.54, 1.807) is 36.2 Å². The average molecular weight is 428 g/mol. The molecule has 0 spiro atoms. The van der Waals surface area contributed by atoms with Crippen molar-refractivity contribution >= 4 is 46.3 Å². The van der Waals surface area contributed by atoms with Gasteiger partial charge < -0.3 is 9.88 Å². The van der Waals surface area contributed by atoms with Crippen molar-refractivity contribution in [2.75, 3.05) is 16.0 Å². The van der Waals surface area contributed by atoms with E-state index in [1.165, 1.54) is 16.6 Å². The zero-order valence-electron chi connectivity index (χ0n) is 16.4. The van der Waals surface area contributed by atoms with E-state index in [4.69, 9.17) is 0 Å². The Morgan fingerprint density at radius 1 is 1.21 bits per heavy atom. The van der Waals surface area contributed by atoms with Crippen LogP contribution in [0.1, 0.15) is 24.5 Å². The molecule has 1 aromatic carbocycles. The van der Waals surface area contributed by atoms with Crippen LogP contribution < -0.4 is 10.2 Å². The van der Waals surface area contributed by atoms with E-state index in [9.17, 15) is 9.59 Å². The highest BCUT2D eigenvalue weighted by atomic mass is 32.2. The minimum atomic E-state index is -0.976. The van der Waals surface area contributed by atoms with Crippen LogP contribution in [0.25, 0.3) is 0 Å². The van der Waals surface area contributed by atoms with Gasteiger partial charge in [-0.3, -0.25) is 14.5 Å². The first-order valence-corrected chi connectivity index (χ1v) is 11.0. The summed E-state index contributed by atoms with van der Waals surface area (Å²) in [6, 6.07) is 11.4. The van der Waals surface area contributed by atoms with Crippen LogP contribution in [0.3, 0.4) is 0 Å². The molecule has 3 heterocycles. The predicted octanol–water partition coefficient (Wildman–Crippen LogP) is 3.32. The SMILES string of the molecule is Cn1c(Cc2cccs2)nnc1SCC(=O)N1c2ccccc2NC(=O)C1(C)C. The highest BCUT2D eigenvalue weighted by Crippen LogP contribution is 2.37. The lowest BCUT2D eigenvalue weighted by Gasteiger charge is -2.42. The lowest BCUT2D eigenvalue weighted by molar-refractivity contribution is -0.125. The number of nitrogens with one attached hydrogen (secondary N) is 1. The molecule has 9 heteroatoms. The molecule has 1 aliphatic rings. The van der Waals surface area contributed by atoms with E-state index in [1.807, 2.05) is 41.3 Å². The summed E-state index contributed by atoms with van der Waals surface area (Å²) in [5, 5.41) is 14.1. The van der Waals surface area contributed by atoms with Crippen molar-refractivity contribution in [3.63, 3.8) is 0 Å². The Kier molecular flexibility index (Phi) is 5.18. The van der Waals surface area contributed by atoms with Gasteiger partial charge in [0.15, 0.2) is 5.16 Å². The van der Waals surface area contributed by atoms with Crippen LogP contribution in [0.2, 0.25) is 0 Å². The summed E-state index contributed by atoms with van der Waals surface area (Å²) in [4.78, 5) is 28.5. The number of anilines is 2. The molecule has 7 nitrogen and oxygen atoms in total. The summed E-state index contributed by atoms with van der Waals surface area (Å²) < 4.78 is 1.92. The van der Waals surface area contributed by atoms with E-state index < -0.39 is 5.54 Å². The molecule has 0 bridgehead atoms. The smallest absolute Gasteiger partial charge is 0.250 e. The number of carbonyl (C=O) groups excluding carboxylic acids is 2. The molecular weight excluding hydrogens is 406 g/mol. The Bertz CT molecular complexity index is 1060.